The zero-order valence-electron chi connectivity index (χ0n) is 22.3. The van der Waals surface area contributed by atoms with E-state index in [4.69, 9.17) is 14.7 Å². The van der Waals surface area contributed by atoms with Crippen LogP contribution in [-0.2, 0) is 21.5 Å². The predicted molar refractivity (Wildman–Crippen MR) is 146 cm³/mol. The summed E-state index contributed by atoms with van der Waals surface area (Å²) in [6, 6.07) is 23.3. The molecule has 0 bridgehead atoms. The van der Waals surface area contributed by atoms with Crippen LogP contribution in [0, 0.1) is 6.92 Å². The molecule has 6 heteroatoms. The fraction of sp³-hybridized carbons (Fsp3) is 0.323. The number of nitrogens with zero attached hydrogens (tertiary/aromatic N) is 2. The van der Waals surface area contributed by atoms with E-state index in [1.807, 2.05) is 29.8 Å². The fourth-order valence-electron chi connectivity index (χ4n) is 4.43. The van der Waals surface area contributed by atoms with Gasteiger partial charge in [-0.05, 0) is 59.2 Å². The van der Waals surface area contributed by atoms with E-state index in [1.54, 1.807) is 0 Å². The van der Waals surface area contributed by atoms with Gasteiger partial charge in [-0.2, -0.15) is 14.7 Å². The summed E-state index contributed by atoms with van der Waals surface area (Å²) in [6.07, 6.45) is 2.31. The van der Waals surface area contributed by atoms with Crippen molar-refractivity contribution < 1.29 is 14.4 Å². The average molecular weight is 498 g/mol. The zero-order valence-corrected chi connectivity index (χ0v) is 22.3. The van der Waals surface area contributed by atoms with E-state index in [9.17, 15) is 4.79 Å². The van der Waals surface area contributed by atoms with Crippen LogP contribution in [0.3, 0.4) is 0 Å². The van der Waals surface area contributed by atoms with Crippen molar-refractivity contribution in [2.45, 2.75) is 59.4 Å². The van der Waals surface area contributed by atoms with Crippen molar-refractivity contribution in [1.82, 2.24) is 15.1 Å². The van der Waals surface area contributed by atoms with Gasteiger partial charge < -0.3 is 5.32 Å². The Hall–Kier alpha value is -4.02. The maximum absolute atomic E-state index is 12.5. The highest BCUT2D eigenvalue weighted by Crippen LogP contribution is 2.33. The molecule has 1 amide bonds. The number of benzene rings is 3. The number of rotatable bonds is 7. The third kappa shape index (κ3) is 6.81. The molecule has 0 unspecified atom stereocenters. The summed E-state index contributed by atoms with van der Waals surface area (Å²) < 4.78 is 2.03. The van der Waals surface area contributed by atoms with E-state index >= 15 is 0 Å². The van der Waals surface area contributed by atoms with E-state index < -0.39 is 0 Å². The number of carbonyl (C=O) groups is 1. The number of aromatic nitrogens is 2. The first kappa shape index (κ1) is 27.6. The van der Waals surface area contributed by atoms with Crippen LogP contribution in [0.1, 0.15) is 67.7 Å². The molecule has 0 fully saturated rings. The van der Waals surface area contributed by atoms with E-state index in [-0.39, 0.29) is 17.5 Å². The Labute approximate surface area is 218 Å². The number of fused-ring (bicyclic) bond motifs is 1. The van der Waals surface area contributed by atoms with Crippen LogP contribution in [0.5, 0.6) is 0 Å². The number of aryl methyl sites for hydroxylation is 1. The minimum absolute atomic E-state index is 0.0198. The second-order valence-electron chi connectivity index (χ2n) is 10.2. The molecule has 37 heavy (non-hydrogen) atoms. The highest BCUT2D eigenvalue weighted by Gasteiger charge is 2.18. The number of hydrogen-bond donors (Lipinski definition) is 1. The molecule has 0 aliphatic carbocycles. The van der Waals surface area contributed by atoms with Gasteiger partial charge in [-0.25, -0.2) is 0 Å². The summed E-state index contributed by atoms with van der Waals surface area (Å²) in [5.41, 5.74) is 7.83. The summed E-state index contributed by atoms with van der Waals surface area (Å²) in [4.78, 5) is 28.7. The Bertz CT molecular complexity index is 1390. The van der Waals surface area contributed by atoms with Gasteiger partial charge in [0.05, 0.1) is 17.8 Å². The molecule has 0 aliphatic heterocycles. The third-order valence-corrected chi connectivity index (χ3v) is 6.35. The summed E-state index contributed by atoms with van der Waals surface area (Å²) in [5, 5.41) is 8.80. The molecule has 4 aromatic rings. The van der Waals surface area contributed by atoms with Crippen LogP contribution in [0.4, 0.5) is 0 Å². The lowest BCUT2D eigenvalue weighted by atomic mass is 9.82. The number of amides is 1. The van der Waals surface area contributed by atoms with Crippen molar-refractivity contribution in [3.63, 3.8) is 0 Å². The minimum Gasteiger partial charge on any atom is -0.352 e. The maximum Gasteiger partial charge on any atom is 0.373 e. The lowest BCUT2D eigenvalue weighted by molar-refractivity contribution is -0.191. The van der Waals surface area contributed by atoms with E-state index in [0.29, 0.717) is 18.7 Å². The molecule has 0 saturated carbocycles. The quantitative estimate of drug-likeness (QED) is 0.304. The van der Waals surface area contributed by atoms with Crippen LogP contribution in [0.25, 0.3) is 22.0 Å². The molecule has 192 valence electrons. The highest BCUT2D eigenvalue weighted by molar-refractivity contribution is 5.98. The SMILES string of the molecule is CCCCNC(=O)c1ccc2c(c1)c(C)nn2Cc1ccc(-c2ccccc2C(C)(C)C)cc1.O=C=O. The van der Waals surface area contributed by atoms with Crippen molar-refractivity contribution in [2.24, 2.45) is 0 Å². The largest absolute Gasteiger partial charge is 0.373 e. The smallest absolute Gasteiger partial charge is 0.352 e. The van der Waals surface area contributed by atoms with Crippen molar-refractivity contribution in [2.75, 3.05) is 6.54 Å². The molecule has 1 heterocycles. The summed E-state index contributed by atoms with van der Waals surface area (Å²) in [7, 11) is 0. The summed E-state index contributed by atoms with van der Waals surface area (Å²) >= 11 is 0. The molecule has 0 spiro atoms. The van der Waals surface area contributed by atoms with Crippen molar-refractivity contribution >= 4 is 23.0 Å². The monoisotopic (exact) mass is 497 g/mol. The van der Waals surface area contributed by atoms with Gasteiger partial charge in [-0.15, -0.1) is 0 Å². The molecule has 1 N–H and O–H groups in total. The maximum atomic E-state index is 12.5. The molecule has 0 radical (unpaired) electrons. The Kier molecular flexibility index (Phi) is 9.15. The van der Waals surface area contributed by atoms with Gasteiger partial charge in [-0.1, -0.05) is 82.6 Å². The van der Waals surface area contributed by atoms with Crippen LogP contribution in [0.15, 0.2) is 66.7 Å². The minimum atomic E-state index is -0.0198. The van der Waals surface area contributed by atoms with Crippen LogP contribution in [0.2, 0.25) is 0 Å². The molecule has 1 aromatic heterocycles. The van der Waals surface area contributed by atoms with Gasteiger partial charge >= 0.3 is 6.15 Å². The molecule has 0 saturated heterocycles. The molecule has 4 rings (SSSR count). The van der Waals surface area contributed by atoms with E-state index in [1.165, 1.54) is 22.3 Å². The Morgan fingerprint density at radius 1 is 1.00 bits per heavy atom. The lowest BCUT2D eigenvalue weighted by Crippen LogP contribution is -2.24. The second kappa shape index (κ2) is 12.3. The van der Waals surface area contributed by atoms with E-state index in [0.717, 1.165) is 29.4 Å². The molecule has 6 nitrogen and oxygen atoms in total. The van der Waals surface area contributed by atoms with Gasteiger partial charge in [0.25, 0.3) is 5.91 Å². The molecule has 0 aliphatic rings. The third-order valence-electron chi connectivity index (χ3n) is 6.35. The van der Waals surface area contributed by atoms with Gasteiger partial charge in [0.1, 0.15) is 0 Å². The first-order chi connectivity index (χ1) is 17.7. The van der Waals surface area contributed by atoms with Gasteiger partial charge in [0, 0.05) is 17.5 Å². The van der Waals surface area contributed by atoms with Crippen molar-refractivity contribution in [1.29, 1.82) is 0 Å². The number of nitrogens with one attached hydrogen (secondary N) is 1. The topological polar surface area (TPSA) is 81.1 Å². The van der Waals surface area contributed by atoms with Crippen LogP contribution in [-0.4, -0.2) is 28.4 Å². The number of unbranched alkanes of at least 4 members (excludes halogenated alkanes) is 1. The van der Waals surface area contributed by atoms with E-state index in [2.05, 4.69) is 81.5 Å². The normalized spacial score (nSPS) is 10.9. The Morgan fingerprint density at radius 2 is 1.68 bits per heavy atom. The predicted octanol–water partition coefficient (Wildman–Crippen LogP) is 6.30. The van der Waals surface area contributed by atoms with Crippen molar-refractivity contribution in [3.8, 4) is 11.1 Å². The zero-order chi connectivity index (χ0) is 27.0. The summed E-state index contributed by atoms with van der Waals surface area (Å²) in [5.74, 6) is -0.0198. The number of carbonyl (C=O) groups excluding carboxylic acids is 3. The molecule has 3 aromatic carbocycles. The molecular weight excluding hydrogens is 462 g/mol. The Morgan fingerprint density at radius 3 is 2.32 bits per heavy atom. The van der Waals surface area contributed by atoms with Crippen LogP contribution >= 0.6 is 0 Å². The van der Waals surface area contributed by atoms with Crippen molar-refractivity contribution in [3.05, 3.63) is 89.1 Å². The second-order valence-corrected chi connectivity index (χ2v) is 10.2. The van der Waals surface area contributed by atoms with Gasteiger partial charge in [0.2, 0.25) is 0 Å². The highest BCUT2D eigenvalue weighted by atomic mass is 16.2. The lowest BCUT2D eigenvalue weighted by Gasteiger charge is -2.23. The average Bonchev–Trinajstić information content (AvgIpc) is 3.19. The standard InChI is InChI=1S/C30H35N3O.CO2/c1-6-7-18-31-29(34)24-16-17-28-26(19-24)21(2)32-33(28)20-22-12-14-23(15-13-22)25-10-8-9-11-27(25)30(3,4)5;2-1-3/h8-17,19H,6-7,18,20H2,1-5H3,(H,31,34);. The van der Waals surface area contributed by atoms with Crippen LogP contribution < -0.4 is 5.32 Å². The number of hydrogen-bond acceptors (Lipinski definition) is 4. The van der Waals surface area contributed by atoms with Gasteiger partial charge in [-0.3, -0.25) is 9.48 Å². The summed E-state index contributed by atoms with van der Waals surface area (Å²) in [6.45, 7) is 12.3. The fourth-order valence-corrected chi connectivity index (χ4v) is 4.43. The Balaban J connectivity index is 0.00000121. The molecular formula is C31H35N3O3. The molecule has 0 atom stereocenters. The first-order valence-electron chi connectivity index (χ1n) is 12.6. The van der Waals surface area contributed by atoms with Gasteiger partial charge in [0.15, 0.2) is 0 Å². The first-order valence-corrected chi connectivity index (χ1v) is 12.6.